The fraction of sp³-hybridized carbons (Fsp3) is 0.600. The molecule has 0 bridgehead atoms. The Bertz CT molecular complexity index is 820. The first-order valence-electron chi connectivity index (χ1n) is 8.57. The highest BCUT2D eigenvalue weighted by atomic mass is 16.5. The summed E-state index contributed by atoms with van der Waals surface area (Å²) >= 11 is 0. The highest BCUT2D eigenvalue weighted by molar-refractivity contribution is 5.71. The van der Waals surface area contributed by atoms with Gasteiger partial charge < -0.3 is 29.5 Å². The van der Waals surface area contributed by atoms with Crippen molar-refractivity contribution in [1.29, 1.82) is 0 Å². The summed E-state index contributed by atoms with van der Waals surface area (Å²) in [5.74, 6) is -5.50. The molecule has 0 saturated carbocycles. The third-order valence-corrected chi connectivity index (χ3v) is 3.55. The molecule has 0 amide bonds. The second-order valence-corrected chi connectivity index (χ2v) is 5.40. The molecular formula is C15H21N3O12. The molecule has 0 aliphatic heterocycles. The van der Waals surface area contributed by atoms with Gasteiger partial charge in [0.05, 0.1) is 0 Å². The van der Waals surface area contributed by atoms with Gasteiger partial charge in [0, 0.05) is 19.8 Å². The van der Waals surface area contributed by atoms with E-state index in [0.29, 0.717) is 0 Å². The quantitative estimate of drug-likeness (QED) is 0.327. The van der Waals surface area contributed by atoms with Gasteiger partial charge in [0.15, 0.2) is 0 Å². The number of carboxylic acids is 3. The number of aliphatic carboxylic acids is 3. The van der Waals surface area contributed by atoms with E-state index in [1.54, 1.807) is 0 Å². The van der Waals surface area contributed by atoms with Crippen LogP contribution in [-0.4, -0.2) is 66.7 Å². The molecule has 0 aromatic carbocycles. The number of ether oxygens (including phenoxy) is 3. The Morgan fingerprint density at radius 1 is 0.633 bits per heavy atom. The van der Waals surface area contributed by atoms with E-state index in [-0.39, 0.29) is 33.5 Å². The Morgan fingerprint density at radius 3 is 0.967 bits per heavy atom. The first-order chi connectivity index (χ1) is 14.0. The monoisotopic (exact) mass is 435 g/mol. The molecule has 15 nitrogen and oxygen atoms in total. The van der Waals surface area contributed by atoms with Gasteiger partial charge in [-0.05, 0) is 20.8 Å². The highest BCUT2D eigenvalue weighted by Gasteiger charge is 2.36. The lowest BCUT2D eigenvalue weighted by Gasteiger charge is -2.23. The minimum absolute atomic E-state index is 0.100. The molecule has 0 radical (unpaired) electrons. The molecule has 0 spiro atoms. The molecule has 1 aromatic heterocycles. The zero-order valence-corrected chi connectivity index (χ0v) is 16.2. The zero-order valence-electron chi connectivity index (χ0n) is 16.2. The number of carbonyl (C=O) groups is 3. The van der Waals surface area contributed by atoms with Crippen LogP contribution in [-0.2, 0) is 28.6 Å². The topological polar surface area (TPSA) is 206 Å². The summed E-state index contributed by atoms with van der Waals surface area (Å²) in [6, 6.07) is 0. The van der Waals surface area contributed by atoms with E-state index in [2.05, 4.69) is 0 Å². The van der Waals surface area contributed by atoms with Crippen LogP contribution in [0.5, 0.6) is 0 Å². The van der Waals surface area contributed by atoms with Crippen LogP contribution >= 0.6 is 0 Å². The van der Waals surface area contributed by atoms with Crippen molar-refractivity contribution in [2.75, 3.05) is 19.8 Å². The highest BCUT2D eigenvalue weighted by Crippen LogP contribution is 2.09. The van der Waals surface area contributed by atoms with Crippen LogP contribution in [0.1, 0.15) is 39.5 Å². The molecule has 1 rings (SSSR count). The number of nitrogens with zero attached hydrogens (tertiary/aromatic N) is 3. The molecule has 3 unspecified atom stereocenters. The first-order valence-corrected chi connectivity index (χ1v) is 8.57. The number of carboxylic acid groups (broad SMARTS) is 3. The van der Waals surface area contributed by atoms with Crippen LogP contribution in [0.4, 0.5) is 0 Å². The van der Waals surface area contributed by atoms with Crippen molar-refractivity contribution >= 4 is 17.9 Å². The van der Waals surface area contributed by atoms with Crippen molar-refractivity contribution in [2.24, 2.45) is 0 Å². The van der Waals surface area contributed by atoms with Gasteiger partial charge in [0.25, 0.3) is 0 Å². The molecule has 15 heteroatoms. The van der Waals surface area contributed by atoms with Gasteiger partial charge in [-0.1, -0.05) is 0 Å². The lowest BCUT2D eigenvalue weighted by Crippen LogP contribution is -2.60. The second kappa shape index (κ2) is 10.5. The third-order valence-electron chi connectivity index (χ3n) is 3.55. The summed E-state index contributed by atoms with van der Waals surface area (Å²) in [5, 5.41) is 28.0. The molecule has 3 atom stereocenters. The fourth-order valence-corrected chi connectivity index (χ4v) is 2.44. The van der Waals surface area contributed by atoms with Crippen molar-refractivity contribution in [2.45, 2.75) is 39.5 Å². The second-order valence-electron chi connectivity index (χ2n) is 5.40. The van der Waals surface area contributed by atoms with E-state index in [1.165, 1.54) is 20.8 Å². The van der Waals surface area contributed by atoms with E-state index in [1.807, 2.05) is 0 Å². The van der Waals surface area contributed by atoms with Crippen LogP contribution in [0, 0.1) is 0 Å². The predicted octanol–water partition coefficient (Wildman–Crippen LogP) is -1.97. The molecule has 1 heterocycles. The van der Waals surface area contributed by atoms with Gasteiger partial charge in [-0.2, -0.15) is 0 Å². The Morgan fingerprint density at radius 2 is 0.833 bits per heavy atom. The van der Waals surface area contributed by atoms with Gasteiger partial charge >= 0.3 is 35.0 Å². The average molecular weight is 435 g/mol. The van der Waals surface area contributed by atoms with E-state index in [0.717, 1.165) is 0 Å². The minimum Gasteiger partial charge on any atom is -0.478 e. The van der Waals surface area contributed by atoms with Gasteiger partial charge in [-0.25, -0.2) is 42.5 Å². The lowest BCUT2D eigenvalue weighted by molar-refractivity contribution is -0.161. The average Bonchev–Trinajstić information content (AvgIpc) is 2.65. The van der Waals surface area contributed by atoms with Crippen molar-refractivity contribution in [3.63, 3.8) is 0 Å². The third kappa shape index (κ3) is 4.81. The maximum absolute atomic E-state index is 12.8. The number of hydrogen-bond donors (Lipinski definition) is 3. The Hall–Kier alpha value is -3.30. The Balaban J connectivity index is 4.18. The van der Waals surface area contributed by atoms with Gasteiger partial charge in [-0.3, -0.25) is 0 Å². The molecule has 0 aliphatic carbocycles. The van der Waals surface area contributed by atoms with Crippen molar-refractivity contribution < 1.29 is 43.9 Å². The molecule has 1 aromatic rings. The summed E-state index contributed by atoms with van der Waals surface area (Å²) in [6.45, 7) is 3.12. The summed E-state index contributed by atoms with van der Waals surface area (Å²) in [5.41, 5.74) is -5.07. The Kier molecular flexibility index (Phi) is 8.63. The smallest absolute Gasteiger partial charge is 0.354 e. The molecular weight excluding hydrogens is 414 g/mol. The van der Waals surface area contributed by atoms with Crippen molar-refractivity contribution in [1.82, 2.24) is 13.7 Å². The molecule has 0 aliphatic rings. The standard InChI is InChI=1S/C15H21N3O12/c1-4-28-7(10(19)20)16-13(25)17(8(11(21)22)29-5-2)15(27)18(14(16)26)9(12(23)24)30-6-3/h7-9H,4-6H2,1-3H3,(H,19,20)(H,21,22)(H,23,24). The zero-order chi connectivity index (χ0) is 23.2. The first kappa shape index (κ1) is 24.7. The van der Waals surface area contributed by atoms with Crippen molar-refractivity contribution in [3.05, 3.63) is 31.5 Å². The number of rotatable bonds is 12. The molecule has 3 N–H and O–H groups in total. The minimum atomic E-state index is -2.29. The Labute approximate surface area is 167 Å². The number of aromatic nitrogens is 3. The van der Waals surface area contributed by atoms with E-state index in [4.69, 9.17) is 14.2 Å². The molecule has 0 fully saturated rings. The molecule has 168 valence electrons. The van der Waals surface area contributed by atoms with Crippen LogP contribution in [0.3, 0.4) is 0 Å². The number of hydrogen-bond acceptors (Lipinski definition) is 9. The summed E-state index contributed by atoms with van der Waals surface area (Å²) in [4.78, 5) is 73.0. The maximum atomic E-state index is 12.8. The largest absolute Gasteiger partial charge is 0.478 e. The lowest BCUT2D eigenvalue weighted by atomic mass is 10.4. The summed E-state index contributed by atoms with van der Waals surface area (Å²) in [7, 11) is 0. The van der Waals surface area contributed by atoms with Crippen LogP contribution < -0.4 is 17.1 Å². The summed E-state index contributed by atoms with van der Waals surface area (Å²) in [6.07, 6.45) is -6.87. The maximum Gasteiger partial charge on any atom is 0.354 e. The molecule has 30 heavy (non-hydrogen) atoms. The van der Waals surface area contributed by atoms with E-state index < -0.39 is 53.7 Å². The van der Waals surface area contributed by atoms with Gasteiger partial charge in [-0.15, -0.1) is 0 Å². The van der Waals surface area contributed by atoms with E-state index in [9.17, 15) is 44.1 Å². The van der Waals surface area contributed by atoms with Crippen molar-refractivity contribution in [3.8, 4) is 0 Å². The predicted molar refractivity (Wildman–Crippen MR) is 94.1 cm³/mol. The van der Waals surface area contributed by atoms with Crippen LogP contribution in [0.25, 0.3) is 0 Å². The van der Waals surface area contributed by atoms with Crippen LogP contribution in [0.2, 0.25) is 0 Å². The van der Waals surface area contributed by atoms with Gasteiger partial charge in [0.2, 0.25) is 18.7 Å². The summed E-state index contributed by atoms with van der Waals surface area (Å²) < 4.78 is 14.3. The van der Waals surface area contributed by atoms with Crippen LogP contribution in [0.15, 0.2) is 14.4 Å². The van der Waals surface area contributed by atoms with Gasteiger partial charge in [0.1, 0.15) is 0 Å². The van der Waals surface area contributed by atoms with E-state index >= 15 is 0 Å². The molecule has 0 saturated heterocycles. The normalized spacial score (nSPS) is 14.1. The fourth-order valence-electron chi connectivity index (χ4n) is 2.44. The SMILES string of the molecule is CCOC(C(=O)O)n1c(=O)n(C(OCC)C(=O)O)c(=O)n(C(OCC)C(=O)O)c1=O.